The van der Waals surface area contributed by atoms with E-state index in [2.05, 4.69) is 20.7 Å². The standard InChI is InChI=1S/C29H31FN4O3S/c30-24-9-5-6-21(17-24)19-31-33-29(37)26-18-25(34-12-2-1-3-13-34)10-11-27(26)32-28(36)23-8-4-7-22(16-23)20-38-15-14-35/h4-11,16-19,35H,1-3,12-15,20H2,(H,32,36)(H,33,37)/b31-19+. The number of rotatable bonds is 10. The molecule has 3 N–H and O–H groups in total. The average molecular weight is 535 g/mol. The summed E-state index contributed by atoms with van der Waals surface area (Å²) in [6, 6.07) is 18.6. The summed E-state index contributed by atoms with van der Waals surface area (Å²) in [5, 5.41) is 15.9. The van der Waals surface area contributed by atoms with Crippen molar-refractivity contribution in [2.45, 2.75) is 25.0 Å². The van der Waals surface area contributed by atoms with Gasteiger partial charge in [0.1, 0.15) is 5.82 Å². The SMILES string of the molecule is O=C(Nc1ccc(N2CCCCC2)cc1C(=O)N/N=C/c1cccc(F)c1)c1cccc(CSCCO)c1. The van der Waals surface area contributed by atoms with Crippen molar-refractivity contribution in [1.29, 1.82) is 0 Å². The Morgan fingerprint density at radius 3 is 2.61 bits per heavy atom. The van der Waals surface area contributed by atoms with Gasteiger partial charge in [0.2, 0.25) is 0 Å². The molecule has 0 spiro atoms. The molecule has 1 fully saturated rings. The molecule has 0 atom stereocenters. The van der Waals surface area contributed by atoms with Crippen molar-refractivity contribution in [3.8, 4) is 0 Å². The van der Waals surface area contributed by atoms with E-state index in [9.17, 15) is 14.0 Å². The summed E-state index contributed by atoms with van der Waals surface area (Å²) in [6.07, 6.45) is 4.73. The number of hydrogen-bond acceptors (Lipinski definition) is 6. The van der Waals surface area contributed by atoms with Gasteiger partial charge in [-0.3, -0.25) is 9.59 Å². The first-order chi connectivity index (χ1) is 18.5. The first-order valence-electron chi connectivity index (χ1n) is 12.6. The number of halogens is 1. The van der Waals surface area contributed by atoms with Crippen molar-refractivity contribution in [3.05, 3.63) is 94.8 Å². The van der Waals surface area contributed by atoms with Crippen LogP contribution in [0.25, 0.3) is 0 Å². The molecule has 198 valence electrons. The second kappa shape index (κ2) is 13.7. The van der Waals surface area contributed by atoms with Crippen LogP contribution in [-0.4, -0.2) is 48.6 Å². The fourth-order valence-electron chi connectivity index (χ4n) is 4.24. The van der Waals surface area contributed by atoms with E-state index in [0.29, 0.717) is 28.3 Å². The molecule has 1 aliphatic rings. The number of piperidine rings is 1. The maximum absolute atomic E-state index is 13.5. The van der Waals surface area contributed by atoms with E-state index < -0.39 is 11.7 Å². The normalized spacial score (nSPS) is 13.5. The Kier molecular flexibility index (Phi) is 9.89. The van der Waals surface area contributed by atoms with E-state index >= 15 is 0 Å². The topological polar surface area (TPSA) is 94.0 Å². The molecule has 38 heavy (non-hydrogen) atoms. The molecule has 0 aliphatic carbocycles. The van der Waals surface area contributed by atoms with Crippen molar-refractivity contribution in [3.63, 3.8) is 0 Å². The molecule has 7 nitrogen and oxygen atoms in total. The van der Waals surface area contributed by atoms with Crippen LogP contribution in [0.5, 0.6) is 0 Å². The number of thioether (sulfide) groups is 1. The highest BCUT2D eigenvalue weighted by molar-refractivity contribution is 7.98. The maximum atomic E-state index is 13.5. The summed E-state index contributed by atoms with van der Waals surface area (Å²) >= 11 is 1.59. The number of nitrogens with one attached hydrogen (secondary N) is 2. The van der Waals surface area contributed by atoms with Gasteiger partial charge < -0.3 is 15.3 Å². The quantitative estimate of drug-likeness (QED) is 0.192. The van der Waals surface area contributed by atoms with Gasteiger partial charge in [-0.25, -0.2) is 9.82 Å². The van der Waals surface area contributed by atoms with Gasteiger partial charge in [-0.05, 0) is 72.9 Å². The molecule has 4 rings (SSSR count). The number of amides is 2. The summed E-state index contributed by atoms with van der Waals surface area (Å²) < 4.78 is 13.5. The van der Waals surface area contributed by atoms with Gasteiger partial charge in [0.25, 0.3) is 11.8 Å². The van der Waals surface area contributed by atoms with Crippen molar-refractivity contribution in [2.75, 3.05) is 35.7 Å². The van der Waals surface area contributed by atoms with Crippen LogP contribution in [0.2, 0.25) is 0 Å². The fourth-order valence-corrected chi connectivity index (χ4v) is 4.93. The van der Waals surface area contributed by atoms with Crippen LogP contribution in [0.4, 0.5) is 15.8 Å². The highest BCUT2D eigenvalue weighted by Crippen LogP contribution is 2.27. The van der Waals surface area contributed by atoms with Gasteiger partial charge in [-0.15, -0.1) is 0 Å². The zero-order valence-electron chi connectivity index (χ0n) is 21.0. The Bertz CT molecular complexity index is 1290. The van der Waals surface area contributed by atoms with Crippen LogP contribution in [0.3, 0.4) is 0 Å². The van der Waals surface area contributed by atoms with Crippen LogP contribution in [0, 0.1) is 5.82 Å². The van der Waals surface area contributed by atoms with Crippen LogP contribution in [-0.2, 0) is 5.75 Å². The number of hydrazone groups is 1. The van der Waals surface area contributed by atoms with E-state index in [1.165, 1.54) is 24.8 Å². The van der Waals surface area contributed by atoms with Crippen molar-refractivity contribution in [2.24, 2.45) is 5.10 Å². The van der Waals surface area contributed by atoms with Crippen LogP contribution in [0.15, 0.2) is 71.8 Å². The lowest BCUT2D eigenvalue weighted by molar-refractivity contribution is 0.0956. The van der Waals surface area contributed by atoms with Gasteiger partial charge in [0, 0.05) is 35.8 Å². The first-order valence-corrected chi connectivity index (χ1v) is 13.8. The van der Waals surface area contributed by atoms with Gasteiger partial charge in [-0.2, -0.15) is 16.9 Å². The third kappa shape index (κ3) is 7.66. The Hall–Kier alpha value is -3.69. The molecule has 1 saturated heterocycles. The Morgan fingerprint density at radius 2 is 1.82 bits per heavy atom. The number of aliphatic hydroxyl groups is 1. The Balaban J connectivity index is 1.54. The van der Waals surface area contributed by atoms with E-state index in [4.69, 9.17) is 5.11 Å². The van der Waals surface area contributed by atoms with Crippen molar-refractivity contribution < 1.29 is 19.1 Å². The number of benzene rings is 3. The molecule has 0 bridgehead atoms. The number of aliphatic hydroxyl groups excluding tert-OH is 1. The highest BCUT2D eigenvalue weighted by Gasteiger charge is 2.18. The number of carbonyl (C=O) groups excluding carboxylic acids is 2. The molecular weight excluding hydrogens is 503 g/mol. The average Bonchev–Trinajstić information content (AvgIpc) is 2.94. The van der Waals surface area contributed by atoms with E-state index in [-0.39, 0.29) is 18.1 Å². The van der Waals surface area contributed by atoms with Gasteiger partial charge >= 0.3 is 0 Å². The monoisotopic (exact) mass is 534 g/mol. The van der Waals surface area contributed by atoms with Crippen LogP contribution < -0.4 is 15.6 Å². The lowest BCUT2D eigenvalue weighted by atomic mass is 10.1. The maximum Gasteiger partial charge on any atom is 0.273 e. The number of anilines is 2. The molecule has 0 aromatic heterocycles. The van der Waals surface area contributed by atoms with E-state index in [0.717, 1.165) is 37.2 Å². The van der Waals surface area contributed by atoms with Gasteiger partial charge in [-0.1, -0.05) is 24.3 Å². The molecular formula is C29H31FN4O3S. The van der Waals surface area contributed by atoms with Crippen LogP contribution in [0.1, 0.15) is 51.1 Å². The zero-order chi connectivity index (χ0) is 26.7. The smallest absolute Gasteiger partial charge is 0.273 e. The van der Waals surface area contributed by atoms with Crippen molar-refractivity contribution in [1.82, 2.24) is 5.43 Å². The lowest BCUT2D eigenvalue weighted by Crippen LogP contribution is -2.30. The summed E-state index contributed by atoms with van der Waals surface area (Å²) in [5.41, 5.74) is 6.03. The molecule has 1 heterocycles. The van der Waals surface area contributed by atoms with Gasteiger partial charge in [0.05, 0.1) is 24.1 Å². The Labute approximate surface area is 226 Å². The minimum Gasteiger partial charge on any atom is -0.396 e. The number of hydrogen-bond donors (Lipinski definition) is 3. The molecule has 9 heteroatoms. The Morgan fingerprint density at radius 1 is 1.00 bits per heavy atom. The largest absolute Gasteiger partial charge is 0.396 e. The molecule has 1 aliphatic heterocycles. The molecule has 2 amide bonds. The number of carbonyl (C=O) groups is 2. The predicted octanol–water partition coefficient (Wildman–Crippen LogP) is 5.06. The van der Waals surface area contributed by atoms with Crippen molar-refractivity contribution >= 4 is 41.2 Å². The second-order valence-corrected chi connectivity index (χ2v) is 10.1. The van der Waals surface area contributed by atoms with E-state index in [1.54, 1.807) is 42.1 Å². The third-order valence-corrected chi connectivity index (χ3v) is 7.15. The number of nitrogens with zero attached hydrogens (tertiary/aromatic N) is 2. The molecule has 3 aromatic rings. The predicted molar refractivity (Wildman–Crippen MR) is 152 cm³/mol. The fraction of sp³-hybridized carbons (Fsp3) is 0.276. The lowest BCUT2D eigenvalue weighted by Gasteiger charge is -2.29. The molecule has 0 saturated carbocycles. The highest BCUT2D eigenvalue weighted by atomic mass is 32.2. The van der Waals surface area contributed by atoms with Gasteiger partial charge in [0.15, 0.2) is 0 Å². The zero-order valence-corrected chi connectivity index (χ0v) is 21.8. The van der Waals surface area contributed by atoms with Crippen LogP contribution >= 0.6 is 11.8 Å². The van der Waals surface area contributed by atoms with E-state index in [1.807, 2.05) is 24.3 Å². The minimum absolute atomic E-state index is 0.107. The summed E-state index contributed by atoms with van der Waals surface area (Å²) in [6.45, 7) is 1.92. The third-order valence-electron chi connectivity index (χ3n) is 6.14. The summed E-state index contributed by atoms with van der Waals surface area (Å²) in [4.78, 5) is 28.5. The summed E-state index contributed by atoms with van der Waals surface area (Å²) in [7, 11) is 0. The molecule has 0 radical (unpaired) electrons. The summed E-state index contributed by atoms with van der Waals surface area (Å²) in [5.74, 6) is 0.0990. The molecule has 0 unspecified atom stereocenters. The minimum atomic E-state index is -0.485. The molecule has 3 aromatic carbocycles. The second-order valence-electron chi connectivity index (χ2n) is 8.96. The first kappa shape index (κ1) is 27.3.